The first kappa shape index (κ1) is 73.1. The van der Waals surface area contributed by atoms with E-state index in [2.05, 4.69) is 43.5 Å². The number of esters is 1. The molecule has 2 atom stereocenters. The fraction of sp³-hybridized carbons (Fsp3) is 0.884. The van der Waals surface area contributed by atoms with E-state index in [0.717, 1.165) is 44.9 Å². The van der Waals surface area contributed by atoms with Crippen LogP contribution in [0.5, 0.6) is 0 Å². The first-order valence-electron chi connectivity index (χ1n) is 33.8. The second kappa shape index (κ2) is 64.6. The average molecular weight is 1050 g/mol. The van der Waals surface area contributed by atoms with Crippen molar-refractivity contribution < 1.29 is 24.5 Å². The molecule has 75 heavy (non-hydrogen) atoms. The Balaban J connectivity index is 3.36. The maximum atomic E-state index is 12.5. The summed E-state index contributed by atoms with van der Waals surface area (Å²) in [6, 6.07) is -0.625. The topological polar surface area (TPSA) is 95.9 Å². The van der Waals surface area contributed by atoms with Crippen molar-refractivity contribution >= 4 is 11.9 Å². The van der Waals surface area contributed by atoms with Gasteiger partial charge in [-0.25, -0.2) is 0 Å². The van der Waals surface area contributed by atoms with Crippen LogP contribution in [0.2, 0.25) is 0 Å². The van der Waals surface area contributed by atoms with Crippen LogP contribution in [0.3, 0.4) is 0 Å². The molecule has 0 fully saturated rings. The largest absolute Gasteiger partial charge is 0.466 e. The number of allylic oxidation sites excluding steroid dienone is 5. The lowest BCUT2D eigenvalue weighted by atomic mass is 10.0. The van der Waals surface area contributed by atoms with Crippen LogP contribution in [0.15, 0.2) is 36.5 Å². The van der Waals surface area contributed by atoms with E-state index >= 15 is 0 Å². The summed E-state index contributed by atoms with van der Waals surface area (Å²) in [5, 5.41) is 23.1. The minimum absolute atomic E-state index is 0.00872. The van der Waals surface area contributed by atoms with E-state index in [1.54, 1.807) is 6.08 Å². The molecule has 442 valence electrons. The summed E-state index contributed by atoms with van der Waals surface area (Å²) in [4.78, 5) is 24.5. The van der Waals surface area contributed by atoms with Gasteiger partial charge in [-0.2, -0.15) is 0 Å². The molecule has 0 aromatic carbocycles. The number of ether oxygens (including phenoxy) is 1. The summed E-state index contributed by atoms with van der Waals surface area (Å²) in [5.74, 6) is -0.0557. The summed E-state index contributed by atoms with van der Waals surface area (Å²) >= 11 is 0. The molecule has 6 heteroatoms. The van der Waals surface area contributed by atoms with E-state index in [0.29, 0.717) is 19.4 Å². The van der Waals surface area contributed by atoms with Crippen molar-refractivity contribution in [1.82, 2.24) is 5.32 Å². The molecule has 0 aliphatic rings. The Morgan fingerprint density at radius 2 is 0.627 bits per heavy atom. The predicted molar refractivity (Wildman–Crippen MR) is 329 cm³/mol. The Bertz CT molecular complexity index is 1210. The van der Waals surface area contributed by atoms with Gasteiger partial charge in [0.2, 0.25) is 5.91 Å². The smallest absolute Gasteiger partial charge is 0.305 e. The summed E-state index contributed by atoms with van der Waals surface area (Å²) in [6.45, 7) is 4.90. The third-order valence-corrected chi connectivity index (χ3v) is 15.6. The van der Waals surface area contributed by atoms with Crippen molar-refractivity contribution in [3.63, 3.8) is 0 Å². The normalized spacial score (nSPS) is 12.7. The number of carbonyl (C=O) groups excluding carboxylic acids is 2. The number of hydrogen-bond donors (Lipinski definition) is 3. The van der Waals surface area contributed by atoms with E-state index in [4.69, 9.17) is 4.74 Å². The maximum Gasteiger partial charge on any atom is 0.305 e. The van der Waals surface area contributed by atoms with E-state index < -0.39 is 12.1 Å². The summed E-state index contributed by atoms with van der Waals surface area (Å²) in [6.07, 6.45) is 82.2. The quantitative estimate of drug-likeness (QED) is 0.0320. The minimum Gasteiger partial charge on any atom is -0.466 e. The zero-order chi connectivity index (χ0) is 54.3. The highest BCUT2D eigenvalue weighted by molar-refractivity contribution is 5.76. The summed E-state index contributed by atoms with van der Waals surface area (Å²) in [7, 11) is 0. The van der Waals surface area contributed by atoms with Gasteiger partial charge in [0.25, 0.3) is 0 Å². The molecule has 1 amide bonds. The number of aliphatic hydroxyl groups excluding tert-OH is 2. The molecule has 0 saturated carbocycles. The molecule has 2 unspecified atom stereocenters. The van der Waals surface area contributed by atoms with Crippen LogP contribution in [0.1, 0.15) is 367 Å². The number of amides is 1. The van der Waals surface area contributed by atoms with E-state index in [1.165, 1.54) is 295 Å². The van der Waals surface area contributed by atoms with Crippen LogP contribution in [-0.2, 0) is 14.3 Å². The second-order valence-electron chi connectivity index (χ2n) is 23.1. The number of aliphatic hydroxyl groups is 2. The Hall–Kier alpha value is -1.92. The van der Waals surface area contributed by atoms with Crippen molar-refractivity contribution in [2.75, 3.05) is 13.2 Å². The minimum atomic E-state index is -0.842. The van der Waals surface area contributed by atoms with E-state index in [9.17, 15) is 19.8 Å². The number of carbonyl (C=O) groups is 2. The van der Waals surface area contributed by atoms with Crippen molar-refractivity contribution in [1.29, 1.82) is 0 Å². The Morgan fingerprint density at radius 1 is 0.360 bits per heavy atom. The third kappa shape index (κ3) is 61.2. The van der Waals surface area contributed by atoms with Crippen LogP contribution in [0, 0.1) is 0 Å². The first-order chi connectivity index (χ1) is 37.0. The summed E-state index contributed by atoms with van der Waals surface area (Å²) in [5.41, 5.74) is 0. The van der Waals surface area contributed by atoms with Crippen LogP contribution in [-0.4, -0.2) is 47.4 Å². The predicted octanol–water partition coefficient (Wildman–Crippen LogP) is 21.5. The SMILES string of the molecule is CCCCCC/C=C\CCCCCCCC(=O)OCCCCCCCCCCCCCC/C=C\CCCCCCCCCCCCCCCCCCC(=O)NC(CO)C(O)/C=C/CCCCCCCCCCCCC. The van der Waals surface area contributed by atoms with Gasteiger partial charge in [-0.05, 0) is 83.5 Å². The van der Waals surface area contributed by atoms with Crippen molar-refractivity contribution in [2.45, 2.75) is 379 Å². The van der Waals surface area contributed by atoms with Gasteiger partial charge in [0.05, 0.1) is 25.4 Å². The second-order valence-corrected chi connectivity index (χ2v) is 23.1. The number of hydrogen-bond acceptors (Lipinski definition) is 5. The van der Waals surface area contributed by atoms with Crippen LogP contribution >= 0.6 is 0 Å². The molecule has 0 bridgehead atoms. The van der Waals surface area contributed by atoms with Gasteiger partial charge in [0, 0.05) is 12.8 Å². The zero-order valence-corrected chi connectivity index (χ0v) is 50.5. The highest BCUT2D eigenvalue weighted by Crippen LogP contribution is 2.18. The van der Waals surface area contributed by atoms with Crippen molar-refractivity contribution in [3.8, 4) is 0 Å². The van der Waals surface area contributed by atoms with Gasteiger partial charge in [0.15, 0.2) is 0 Å². The molecule has 0 aliphatic carbocycles. The van der Waals surface area contributed by atoms with E-state index in [1.807, 2.05) is 6.08 Å². The standard InChI is InChI=1S/C69H131NO5/c1-3-5-7-9-11-13-15-37-41-45-49-53-57-61-67(72)66(65-71)70-68(73)62-58-54-50-46-42-39-35-33-31-29-27-25-23-21-19-17-18-20-22-24-26-28-30-32-34-36-40-44-48-52-56-60-64-75-69(74)63-59-55-51-47-43-38-16-14-12-10-8-6-4-2/h14,16,20,22,57,61,66-67,71-72H,3-13,15,17-19,21,23-56,58-60,62-65H2,1-2H3,(H,70,73)/b16-14-,22-20-,61-57+. The maximum absolute atomic E-state index is 12.5. The Labute approximate surface area is 468 Å². The van der Waals surface area contributed by atoms with Gasteiger partial charge in [-0.1, -0.05) is 307 Å². The van der Waals surface area contributed by atoms with Gasteiger partial charge in [0.1, 0.15) is 0 Å². The molecule has 0 aliphatic heterocycles. The number of unbranched alkanes of at least 4 members (excludes halogenated alkanes) is 48. The van der Waals surface area contributed by atoms with Gasteiger partial charge in [-0.15, -0.1) is 0 Å². The third-order valence-electron chi connectivity index (χ3n) is 15.6. The van der Waals surface area contributed by atoms with E-state index in [-0.39, 0.29) is 18.5 Å². The summed E-state index contributed by atoms with van der Waals surface area (Å²) < 4.78 is 5.48. The molecule has 0 rings (SSSR count). The average Bonchev–Trinajstić information content (AvgIpc) is 3.41. The Morgan fingerprint density at radius 3 is 0.960 bits per heavy atom. The molecule has 0 radical (unpaired) electrons. The number of nitrogens with one attached hydrogen (secondary N) is 1. The first-order valence-corrected chi connectivity index (χ1v) is 33.8. The fourth-order valence-corrected chi connectivity index (χ4v) is 10.4. The van der Waals surface area contributed by atoms with Gasteiger partial charge < -0.3 is 20.3 Å². The highest BCUT2D eigenvalue weighted by Gasteiger charge is 2.18. The lowest BCUT2D eigenvalue weighted by Crippen LogP contribution is -2.45. The van der Waals surface area contributed by atoms with Gasteiger partial charge in [-0.3, -0.25) is 9.59 Å². The molecular weight excluding hydrogens is 923 g/mol. The van der Waals surface area contributed by atoms with Crippen molar-refractivity contribution in [2.24, 2.45) is 0 Å². The van der Waals surface area contributed by atoms with Gasteiger partial charge >= 0.3 is 5.97 Å². The molecule has 0 aromatic heterocycles. The molecule has 6 nitrogen and oxygen atoms in total. The highest BCUT2D eigenvalue weighted by atomic mass is 16.5. The fourth-order valence-electron chi connectivity index (χ4n) is 10.4. The lowest BCUT2D eigenvalue weighted by Gasteiger charge is -2.20. The zero-order valence-electron chi connectivity index (χ0n) is 50.5. The number of rotatable bonds is 63. The Kier molecular flexibility index (Phi) is 63.0. The monoisotopic (exact) mass is 1050 g/mol. The molecular formula is C69H131NO5. The lowest BCUT2D eigenvalue weighted by molar-refractivity contribution is -0.143. The van der Waals surface area contributed by atoms with Crippen molar-refractivity contribution in [3.05, 3.63) is 36.5 Å². The molecule has 0 aromatic rings. The molecule has 0 spiro atoms. The molecule has 0 heterocycles. The van der Waals surface area contributed by atoms with Crippen LogP contribution in [0.25, 0.3) is 0 Å². The molecule has 3 N–H and O–H groups in total. The van der Waals surface area contributed by atoms with Crippen LogP contribution < -0.4 is 5.32 Å². The molecule has 0 saturated heterocycles. The van der Waals surface area contributed by atoms with Crippen LogP contribution in [0.4, 0.5) is 0 Å².